The lowest BCUT2D eigenvalue weighted by molar-refractivity contribution is -0.154. The normalized spacial score (nSPS) is 24.0. The van der Waals surface area contributed by atoms with Crippen LogP contribution in [-0.4, -0.2) is 52.2 Å². The predicted octanol–water partition coefficient (Wildman–Crippen LogP) is 4.12. The third-order valence-corrected chi connectivity index (χ3v) is 9.40. The molecule has 1 amide bonds. The molecule has 1 aliphatic carbocycles. The summed E-state index contributed by atoms with van der Waals surface area (Å²) in [4.78, 5) is 25.4. The molecule has 0 aromatic carbocycles. The number of carbonyl (C=O) groups excluding carboxylic acids is 1. The van der Waals surface area contributed by atoms with Crippen molar-refractivity contribution in [1.29, 1.82) is 0 Å². The number of rotatable bonds is 14. The van der Waals surface area contributed by atoms with Gasteiger partial charge < -0.3 is 23.7 Å². The molecule has 0 aromatic rings. The van der Waals surface area contributed by atoms with Crippen molar-refractivity contribution in [1.82, 2.24) is 5.32 Å². The summed E-state index contributed by atoms with van der Waals surface area (Å²) in [6, 6.07) is 0.607. The van der Waals surface area contributed by atoms with Crippen LogP contribution in [0, 0.1) is 29.1 Å². The van der Waals surface area contributed by atoms with Gasteiger partial charge in [0.15, 0.2) is 0 Å². The van der Waals surface area contributed by atoms with Gasteiger partial charge in [-0.1, -0.05) is 46.3 Å². The van der Waals surface area contributed by atoms with E-state index in [-0.39, 0.29) is 17.7 Å². The van der Waals surface area contributed by atoms with Crippen LogP contribution in [0.25, 0.3) is 0 Å². The van der Waals surface area contributed by atoms with Crippen LogP contribution in [0.2, 0.25) is 6.04 Å². The Morgan fingerprint density at radius 1 is 1.10 bits per heavy atom. The third kappa shape index (κ3) is 7.41. The maximum absolute atomic E-state index is 13.2. The largest absolute Gasteiger partial charge is 0.500 e. The third-order valence-electron chi connectivity index (χ3n) is 6.24. The van der Waals surface area contributed by atoms with Gasteiger partial charge in [-0.2, -0.15) is 0 Å². The van der Waals surface area contributed by atoms with Gasteiger partial charge in [-0.05, 0) is 44.4 Å². The van der Waals surface area contributed by atoms with Gasteiger partial charge in [0.05, 0.1) is 11.8 Å². The molecular weight excluding hydrogens is 414 g/mol. The SMILES string of the molecule is CCO[Si](CCCNC(=O)C1C(C(C)CC)C=CC(C)(C)C1C(=O)O)(OCC)OCC. The quantitative estimate of drug-likeness (QED) is 0.232. The lowest BCUT2D eigenvalue weighted by Gasteiger charge is -2.43. The first kappa shape index (κ1) is 27.8. The van der Waals surface area contributed by atoms with Crippen LogP contribution in [0.4, 0.5) is 0 Å². The molecule has 0 bridgehead atoms. The number of hydrogen-bond acceptors (Lipinski definition) is 5. The molecule has 1 aliphatic rings. The van der Waals surface area contributed by atoms with E-state index in [1.54, 1.807) is 0 Å². The molecule has 0 saturated carbocycles. The summed E-state index contributed by atoms with van der Waals surface area (Å²) in [6.07, 6.45) is 5.56. The van der Waals surface area contributed by atoms with Gasteiger partial charge >= 0.3 is 14.8 Å². The van der Waals surface area contributed by atoms with Gasteiger partial charge in [0, 0.05) is 32.4 Å². The maximum atomic E-state index is 13.2. The second-order valence-electron chi connectivity index (χ2n) is 8.86. The number of carbonyl (C=O) groups is 2. The zero-order valence-corrected chi connectivity index (χ0v) is 21.4. The smallest absolute Gasteiger partial charge is 0.481 e. The highest BCUT2D eigenvalue weighted by Gasteiger charge is 2.49. The Labute approximate surface area is 189 Å². The Bertz CT molecular complexity index is 592. The number of allylic oxidation sites excluding steroid dienone is 2. The van der Waals surface area contributed by atoms with E-state index in [1.165, 1.54) is 0 Å². The fourth-order valence-corrected chi connectivity index (χ4v) is 7.13. The molecule has 0 heterocycles. The minimum Gasteiger partial charge on any atom is -0.481 e. The molecule has 7 nitrogen and oxygen atoms in total. The topological polar surface area (TPSA) is 94.1 Å². The number of nitrogens with one attached hydrogen (secondary N) is 1. The summed E-state index contributed by atoms with van der Waals surface area (Å²) < 4.78 is 17.6. The van der Waals surface area contributed by atoms with Crippen LogP contribution < -0.4 is 5.32 Å². The van der Waals surface area contributed by atoms with E-state index in [0.29, 0.717) is 38.8 Å². The van der Waals surface area contributed by atoms with Crippen LogP contribution in [0.5, 0.6) is 0 Å². The number of carboxylic acid groups (broad SMARTS) is 1. The van der Waals surface area contributed by atoms with Gasteiger partial charge in [0.2, 0.25) is 5.91 Å². The molecule has 2 N–H and O–H groups in total. The highest BCUT2D eigenvalue weighted by atomic mass is 28.4. The number of aliphatic carboxylic acids is 1. The Kier molecular flexibility index (Phi) is 11.4. The summed E-state index contributed by atoms with van der Waals surface area (Å²) in [5.41, 5.74) is -0.585. The summed E-state index contributed by atoms with van der Waals surface area (Å²) in [5.74, 6) is -2.34. The summed E-state index contributed by atoms with van der Waals surface area (Å²) in [6.45, 7) is 15.7. The fraction of sp³-hybridized carbons (Fsp3) is 0.826. The zero-order valence-electron chi connectivity index (χ0n) is 20.4. The Balaban J connectivity index is 2.90. The molecule has 8 heteroatoms. The first-order chi connectivity index (χ1) is 14.6. The summed E-state index contributed by atoms with van der Waals surface area (Å²) >= 11 is 0. The Morgan fingerprint density at radius 2 is 1.65 bits per heavy atom. The molecule has 1 rings (SSSR count). The van der Waals surface area contributed by atoms with Gasteiger partial charge in [-0.25, -0.2) is 0 Å². The Morgan fingerprint density at radius 3 is 2.10 bits per heavy atom. The molecule has 0 aromatic heterocycles. The molecule has 0 spiro atoms. The number of amides is 1. The van der Waals surface area contributed by atoms with Gasteiger partial charge in [0.25, 0.3) is 0 Å². The standard InChI is InChI=1S/C23H43NO6Si/c1-8-17(5)18-13-14-23(6,7)20(22(26)27)19(18)21(25)24-15-12-16-31(28-9-2,29-10-3)30-11-4/h13-14,17-20H,8-12,15-16H2,1-7H3,(H,24,25)(H,26,27). The second kappa shape index (κ2) is 12.7. The second-order valence-corrected chi connectivity index (χ2v) is 11.6. The van der Waals surface area contributed by atoms with Crippen LogP contribution in [-0.2, 0) is 22.9 Å². The van der Waals surface area contributed by atoms with E-state index < -0.39 is 32.0 Å². The van der Waals surface area contributed by atoms with Crippen LogP contribution in [0.15, 0.2) is 12.2 Å². The van der Waals surface area contributed by atoms with E-state index >= 15 is 0 Å². The van der Waals surface area contributed by atoms with E-state index in [0.717, 1.165) is 6.42 Å². The van der Waals surface area contributed by atoms with Crippen LogP contribution >= 0.6 is 0 Å². The summed E-state index contributed by atoms with van der Waals surface area (Å²) in [7, 11) is -2.76. The van der Waals surface area contributed by atoms with E-state index in [1.807, 2.05) is 40.7 Å². The van der Waals surface area contributed by atoms with Crippen molar-refractivity contribution in [2.75, 3.05) is 26.4 Å². The fourth-order valence-electron chi connectivity index (χ4n) is 4.52. The summed E-state index contributed by atoms with van der Waals surface area (Å²) in [5, 5.41) is 13.0. The minimum atomic E-state index is -2.76. The monoisotopic (exact) mass is 457 g/mol. The molecule has 31 heavy (non-hydrogen) atoms. The van der Waals surface area contributed by atoms with Crippen molar-refractivity contribution < 1.29 is 28.0 Å². The van der Waals surface area contributed by atoms with Gasteiger partial charge in [-0.3, -0.25) is 9.59 Å². The van der Waals surface area contributed by atoms with Crippen molar-refractivity contribution in [3.05, 3.63) is 12.2 Å². The van der Waals surface area contributed by atoms with Crippen molar-refractivity contribution in [3.63, 3.8) is 0 Å². The molecule has 4 unspecified atom stereocenters. The van der Waals surface area contributed by atoms with Gasteiger partial charge in [-0.15, -0.1) is 0 Å². The lowest BCUT2D eigenvalue weighted by atomic mass is 9.60. The highest BCUT2D eigenvalue weighted by molar-refractivity contribution is 6.60. The molecular formula is C23H43NO6Si. The van der Waals surface area contributed by atoms with E-state index in [9.17, 15) is 14.7 Å². The molecule has 180 valence electrons. The van der Waals surface area contributed by atoms with E-state index in [4.69, 9.17) is 13.3 Å². The predicted molar refractivity (Wildman–Crippen MR) is 124 cm³/mol. The highest BCUT2D eigenvalue weighted by Crippen LogP contribution is 2.45. The molecule has 0 fully saturated rings. The Hall–Kier alpha value is -1.22. The lowest BCUT2D eigenvalue weighted by Crippen LogP contribution is -2.50. The zero-order chi connectivity index (χ0) is 23.7. The van der Waals surface area contributed by atoms with Crippen molar-refractivity contribution >= 4 is 20.7 Å². The first-order valence-electron chi connectivity index (χ1n) is 11.7. The average Bonchev–Trinajstić information content (AvgIpc) is 2.70. The van der Waals surface area contributed by atoms with Crippen LogP contribution in [0.3, 0.4) is 0 Å². The van der Waals surface area contributed by atoms with Crippen molar-refractivity contribution in [3.8, 4) is 0 Å². The van der Waals surface area contributed by atoms with Crippen LogP contribution in [0.1, 0.15) is 61.3 Å². The maximum Gasteiger partial charge on any atom is 0.500 e. The average molecular weight is 458 g/mol. The first-order valence-corrected chi connectivity index (χ1v) is 13.6. The minimum absolute atomic E-state index is 0.0946. The molecule has 4 atom stereocenters. The molecule has 0 radical (unpaired) electrons. The molecule has 0 saturated heterocycles. The van der Waals surface area contributed by atoms with Crippen molar-refractivity contribution in [2.45, 2.75) is 67.4 Å². The van der Waals surface area contributed by atoms with Gasteiger partial charge in [0.1, 0.15) is 0 Å². The number of carboxylic acids is 1. The van der Waals surface area contributed by atoms with E-state index in [2.05, 4.69) is 25.2 Å². The number of hydrogen-bond donors (Lipinski definition) is 2. The van der Waals surface area contributed by atoms with Crippen molar-refractivity contribution in [2.24, 2.45) is 29.1 Å². The molecule has 0 aliphatic heterocycles.